The Morgan fingerprint density at radius 3 is 2.07 bits per heavy atom. The number of hydrogen-bond acceptors (Lipinski definition) is 4. The Morgan fingerprint density at radius 1 is 0.800 bits per heavy atom. The molecule has 0 saturated carbocycles. The first-order valence-electron chi connectivity index (χ1n) is 10.8. The summed E-state index contributed by atoms with van der Waals surface area (Å²) in [5.74, 6) is 0.674. The Morgan fingerprint density at radius 2 is 1.43 bits per heavy atom. The van der Waals surface area contributed by atoms with Crippen LogP contribution in [0.25, 0.3) is 10.8 Å². The van der Waals surface area contributed by atoms with Crippen LogP contribution in [0.3, 0.4) is 0 Å². The standard InChI is InChI=1S/C26H38O4/c1-24(2,3)19-26(7,25(4,5)6)23(27)30-17-15-28-14-16-29-22-13-12-20-10-8-9-11-21(20)18-22/h8-13,18H,14-17,19H2,1-7H3. The van der Waals surface area contributed by atoms with Crippen LogP contribution in [0.1, 0.15) is 54.9 Å². The maximum absolute atomic E-state index is 12.9. The van der Waals surface area contributed by atoms with Gasteiger partial charge in [0.1, 0.15) is 19.0 Å². The van der Waals surface area contributed by atoms with E-state index < -0.39 is 5.41 Å². The molecule has 0 aliphatic heterocycles. The lowest BCUT2D eigenvalue weighted by molar-refractivity contribution is -0.166. The fourth-order valence-electron chi connectivity index (χ4n) is 3.63. The van der Waals surface area contributed by atoms with Crippen molar-refractivity contribution in [3.05, 3.63) is 42.5 Å². The summed E-state index contributed by atoms with van der Waals surface area (Å²) in [4.78, 5) is 12.9. The summed E-state index contributed by atoms with van der Waals surface area (Å²) in [6.07, 6.45) is 0.767. The van der Waals surface area contributed by atoms with Gasteiger partial charge in [0.15, 0.2) is 0 Å². The van der Waals surface area contributed by atoms with Crippen molar-refractivity contribution < 1.29 is 19.0 Å². The van der Waals surface area contributed by atoms with Gasteiger partial charge in [-0.2, -0.15) is 0 Å². The monoisotopic (exact) mass is 414 g/mol. The molecule has 0 amide bonds. The second-order valence-corrected chi connectivity index (χ2v) is 10.4. The average molecular weight is 415 g/mol. The third kappa shape index (κ3) is 6.73. The van der Waals surface area contributed by atoms with Gasteiger partial charge >= 0.3 is 5.97 Å². The SMILES string of the molecule is CC(C)(C)CC(C)(C(=O)OCCOCCOc1ccc2ccccc2c1)C(C)(C)C. The average Bonchev–Trinajstić information content (AvgIpc) is 2.64. The van der Waals surface area contributed by atoms with Crippen LogP contribution in [0.2, 0.25) is 0 Å². The molecule has 1 atom stereocenters. The van der Waals surface area contributed by atoms with Crippen LogP contribution >= 0.6 is 0 Å². The molecule has 0 aliphatic rings. The third-order valence-corrected chi connectivity index (χ3v) is 5.67. The van der Waals surface area contributed by atoms with Crippen molar-refractivity contribution in [1.82, 2.24) is 0 Å². The molecule has 2 aromatic carbocycles. The second kappa shape index (κ2) is 9.82. The van der Waals surface area contributed by atoms with E-state index in [0.717, 1.165) is 17.6 Å². The highest BCUT2D eigenvalue weighted by Gasteiger charge is 2.47. The van der Waals surface area contributed by atoms with E-state index >= 15 is 0 Å². The molecule has 4 nitrogen and oxygen atoms in total. The largest absolute Gasteiger partial charge is 0.491 e. The van der Waals surface area contributed by atoms with Gasteiger partial charge in [-0.1, -0.05) is 71.9 Å². The molecule has 30 heavy (non-hydrogen) atoms. The molecule has 4 heteroatoms. The van der Waals surface area contributed by atoms with Crippen LogP contribution in [0.5, 0.6) is 5.75 Å². The summed E-state index contributed by atoms with van der Waals surface area (Å²) in [5.41, 5.74) is -0.700. The number of rotatable bonds is 9. The predicted octanol–water partition coefficient (Wildman–Crippen LogP) is 6.27. The van der Waals surface area contributed by atoms with Gasteiger partial charge in [0, 0.05) is 0 Å². The summed E-state index contributed by atoms with van der Waals surface area (Å²) in [5, 5.41) is 2.34. The van der Waals surface area contributed by atoms with Gasteiger partial charge < -0.3 is 14.2 Å². The molecule has 0 N–H and O–H groups in total. The first-order chi connectivity index (χ1) is 13.9. The van der Waals surface area contributed by atoms with Gasteiger partial charge in [-0.25, -0.2) is 0 Å². The number of hydrogen-bond donors (Lipinski definition) is 0. The molecule has 0 spiro atoms. The summed E-state index contributed by atoms with van der Waals surface area (Å²) in [6.45, 7) is 16.3. The fraction of sp³-hybridized carbons (Fsp3) is 0.577. The molecule has 0 bridgehead atoms. The van der Waals surface area contributed by atoms with Crippen LogP contribution in [0.4, 0.5) is 0 Å². The van der Waals surface area contributed by atoms with E-state index in [0.29, 0.717) is 19.8 Å². The lowest BCUT2D eigenvalue weighted by Gasteiger charge is -2.43. The van der Waals surface area contributed by atoms with Crippen molar-refractivity contribution >= 4 is 16.7 Å². The first-order valence-corrected chi connectivity index (χ1v) is 10.8. The topological polar surface area (TPSA) is 44.8 Å². The molecule has 2 aromatic rings. The Labute approximate surface area is 181 Å². The maximum Gasteiger partial charge on any atom is 0.312 e. The minimum atomic E-state index is -0.551. The normalized spacial score (nSPS) is 14.4. The fourth-order valence-corrected chi connectivity index (χ4v) is 3.63. The molecule has 0 radical (unpaired) electrons. The summed E-state index contributed by atoms with van der Waals surface area (Å²) in [7, 11) is 0. The van der Waals surface area contributed by atoms with Crippen molar-refractivity contribution in [2.75, 3.05) is 26.4 Å². The van der Waals surface area contributed by atoms with E-state index in [1.165, 1.54) is 5.39 Å². The second-order valence-electron chi connectivity index (χ2n) is 10.4. The van der Waals surface area contributed by atoms with Crippen molar-refractivity contribution in [3.63, 3.8) is 0 Å². The lowest BCUT2D eigenvalue weighted by Crippen LogP contribution is -2.44. The van der Waals surface area contributed by atoms with Gasteiger partial charge in [-0.05, 0) is 47.1 Å². The van der Waals surface area contributed by atoms with Crippen LogP contribution in [-0.4, -0.2) is 32.4 Å². The molecule has 0 heterocycles. The number of ether oxygens (including phenoxy) is 3. The van der Waals surface area contributed by atoms with Crippen LogP contribution in [0.15, 0.2) is 42.5 Å². The summed E-state index contributed by atoms with van der Waals surface area (Å²) < 4.78 is 16.9. The van der Waals surface area contributed by atoms with Crippen molar-refractivity contribution in [1.29, 1.82) is 0 Å². The molecular weight excluding hydrogens is 376 g/mol. The third-order valence-electron chi connectivity index (χ3n) is 5.67. The predicted molar refractivity (Wildman–Crippen MR) is 123 cm³/mol. The minimum absolute atomic E-state index is 0.0393. The number of benzene rings is 2. The van der Waals surface area contributed by atoms with Crippen LogP contribution in [-0.2, 0) is 14.3 Å². The quantitative estimate of drug-likeness (QED) is 0.358. The maximum atomic E-state index is 12.9. The highest BCUT2D eigenvalue weighted by Crippen LogP contribution is 2.47. The summed E-state index contributed by atoms with van der Waals surface area (Å²) >= 11 is 0. The van der Waals surface area contributed by atoms with Gasteiger partial charge in [0.2, 0.25) is 0 Å². The summed E-state index contributed by atoms with van der Waals surface area (Å²) in [6, 6.07) is 14.2. The highest BCUT2D eigenvalue weighted by molar-refractivity contribution is 5.83. The van der Waals surface area contributed by atoms with Gasteiger partial charge in [-0.3, -0.25) is 4.79 Å². The Balaban J connectivity index is 1.72. The van der Waals surface area contributed by atoms with Gasteiger partial charge in [0.25, 0.3) is 0 Å². The zero-order valence-electron chi connectivity index (χ0n) is 19.7. The molecule has 0 aliphatic carbocycles. The Bertz CT molecular complexity index is 829. The van der Waals surface area contributed by atoms with Crippen LogP contribution < -0.4 is 4.74 Å². The zero-order chi connectivity index (χ0) is 22.4. The van der Waals surface area contributed by atoms with E-state index in [1.807, 2.05) is 31.2 Å². The minimum Gasteiger partial charge on any atom is -0.491 e. The first kappa shape index (κ1) is 24.2. The molecule has 166 valence electrons. The van der Waals surface area contributed by atoms with Gasteiger partial charge in [-0.15, -0.1) is 0 Å². The Hall–Kier alpha value is -2.07. The van der Waals surface area contributed by atoms with E-state index in [4.69, 9.17) is 14.2 Å². The van der Waals surface area contributed by atoms with Crippen molar-refractivity contribution in [2.45, 2.75) is 54.9 Å². The molecule has 2 rings (SSSR count). The van der Waals surface area contributed by atoms with E-state index in [2.05, 4.69) is 59.7 Å². The van der Waals surface area contributed by atoms with E-state index in [1.54, 1.807) is 0 Å². The van der Waals surface area contributed by atoms with Crippen molar-refractivity contribution in [2.24, 2.45) is 16.2 Å². The molecule has 0 fully saturated rings. The van der Waals surface area contributed by atoms with Crippen molar-refractivity contribution in [3.8, 4) is 5.75 Å². The number of fused-ring (bicyclic) bond motifs is 1. The molecular formula is C26H38O4. The molecule has 0 saturated heterocycles. The lowest BCUT2D eigenvalue weighted by atomic mass is 9.61. The van der Waals surface area contributed by atoms with E-state index in [9.17, 15) is 4.79 Å². The number of carbonyl (C=O) groups excluding carboxylic acids is 1. The van der Waals surface area contributed by atoms with Gasteiger partial charge in [0.05, 0.1) is 18.6 Å². The smallest absolute Gasteiger partial charge is 0.312 e. The highest BCUT2D eigenvalue weighted by atomic mass is 16.6. The molecule has 0 aromatic heterocycles. The number of carbonyl (C=O) groups is 1. The zero-order valence-corrected chi connectivity index (χ0v) is 19.7. The Kier molecular flexibility index (Phi) is 7.93. The molecule has 1 unspecified atom stereocenters. The number of esters is 1. The van der Waals surface area contributed by atoms with Crippen LogP contribution in [0, 0.1) is 16.2 Å². The van der Waals surface area contributed by atoms with E-state index in [-0.39, 0.29) is 23.4 Å².